The minimum Gasteiger partial charge on any atom is -0.325 e. The fraction of sp³-hybridized carbons (Fsp3) is 0.120. The van der Waals surface area contributed by atoms with Gasteiger partial charge in [-0.15, -0.1) is 0 Å². The Morgan fingerprint density at radius 3 is 2.70 bits per heavy atom. The van der Waals surface area contributed by atoms with Crippen LogP contribution in [0.2, 0.25) is 5.02 Å². The first-order valence-electron chi connectivity index (χ1n) is 10.1. The van der Waals surface area contributed by atoms with Gasteiger partial charge in [0, 0.05) is 10.7 Å². The van der Waals surface area contributed by atoms with Crippen LogP contribution in [-0.2, 0) is 4.79 Å². The number of amides is 1. The molecule has 0 saturated heterocycles. The van der Waals surface area contributed by atoms with E-state index in [2.05, 4.69) is 11.4 Å². The molecule has 0 aliphatic rings. The molecule has 1 amide bonds. The van der Waals surface area contributed by atoms with Crippen molar-refractivity contribution >= 4 is 45.9 Å². The van der Waals surface area contributed by atoms with E-state index >= 15 is 0 Å². The molecule has 0 aliphatic carbocycles. The van der Waals surface area contributed by atoms with Gasteiger partial charge in [-0.2, -0.15) is 5.26 Å². The first kappa shape index (κ1) is 22.6. The van der Waals surface area contributed by atoms with Gasteiger partial charge in [-0.05, 0) is 61.9 Å². The number of hydrogen-bond donors (Lipinski definition) is 1. The minimum absolute atomic E-state index is 0.234. The van der Waals surface area contributed by atoms with Gasteiger partial charge >= 0.3 is 0 Å². The van der Waals surface area contributed by atoms with Crippen molar-refractivity contribution in [2.24, 2.45) is 0 Å². The predicted octanol–water partition coefficient (Wildman–Crippen LogP) is 5.34. The SMILES string of the molecule is Cc1c(Cl)cccc1-n1c(SC(C)C(=O)Nc2cccc(C#N)c2)nc2ccccc2c1=O. The second-order valence-corrected chi connectivity index (χ2v) is 9.09. The van der Waals surface area contributed by atoms with Crippen LogP contribution in [0.15, 0.2) is 76.7 Å². The fourth-order valence-electron chi connectivity index (χ4n) is 3.36. The summed E-state index contributed by atoms with van der Waals surface area (Å²) < 4.78 is 1.51. The Hall–Kier alpha value is -3.60. The van der Waals surface area contributed by atoms with Gasteiger partial charge < -0.3 is 5.32 Å². The smallest absolute Gasteiger partial charge is 0.266 e. The molecule has 1 atom stereocenters. The van der Waals surface area contributed by atoms with E-state index in [0.29, 0.717) is 38.0 Å². The third-order valence-corrected chi connectivity index (χ3v) is 6.60. The van der Waals surface area contributed by atoms with Crippen LogP contribution >= 0.6 is 23.4 Å². The van der Waals surface area contributed by atoms with E-state index in [1.165, 1.54) is 16.3 Å². The predicted molar refractivity (Wildman–Crippen MR) is 132 cm³/mol. The topological polar surface area (TPSA) is 87.8 Å². The van der Waals surface area contributed by atoms with Crippen LogP contribution < -0.4 is 10.9 Å². The molecule has 1 unspecified atom stereocenters. The zero-order chi connectivity index (χ0) is 23.5. The van der Waals surface area contributed by atoms with Crippen LogP contribution in [-0.4, -0.2) is 20.7 Å². The number of carbonyl (C=O) groups excluding carboxylic acids is 1. The lowest BCUT2D eigenvalue weighted by molar-refractivity contribution is -0.115. The number of anilines is 1. The molecule has 4 rings (SSSR count). The Balaban J connectivity index is 1.75. The Morgan fingerprint density at radius 2 is 1.91 bits per heavy atom. The van der Waals surface area contributed by atoms with Gasteiger partial charge in [0.05, 0.1) is 33.5 Å². The zero-order valence-corrected chi connectivity index (χ0v) is 19.4. The molecule has 33 heavy (non-hydrogen) atoms. The van der Waals surface area contributed by atoms with Crippen LogP contribution in [0.5, 0.6) is 0 Å². The Morgan fingerprint density at radius 1 is 1.15 bits per heavy atom. The molecule has 1 heterocycles. The molecule has 0 saturated carbocycles. The minimum atomic E-state index is -0.574. The molecule has 1 aromatic heterocycles. The van der Waals surface area contributed by atoms with Gasteiger partial charge in [-0.1, -0.05) is 47.6 Å². The fourth-order valence-corrected chi connectivity index (χ4v) is 4.45. The number of carbonyl (C=O) groups is 1. The van der Waals surface area contributed by atoms with Gasteiger partial charge in [0.15, 0.2) is 5.16 Å². The van der Waals surface area contributed by atoms with Crippen molar-refractivity contribution in [2.75, 3.05) is 5.32 Å². The lowest BCUT2D eigenvalue weighted by Crippen LogP contribution is -2.26. The van der Waals surface area contributed by atoms with Crippen LogP contribution in [0.1, 0.15) is 18.1 Å². The lowest BCUT2D eigenvalue weighted by Gasteiger charge is -2.18. The van der Waals surface area contributed by atoms with Crippen LogP contribution in [0.25, 0.3) is 16.6 Å². The highest BCUT2D eigenvalue weighted by Gasteiger charge is 2.21. The summed E-state index contributed by atoms with van der Waals surface area (Å²) in [5, 5.41) is 12.7. The van der Waals surface area contributed by atoms with Crippen LogP contribution in [0, 0.1) is 18.3 Å². The molecule has 1 N–H and O–H groups in total. The molecule has 0 fully saturated rings. The van der Waals surface area contributed by atoms with Crippen molar-refractivity contribution in [1.29, 1.82) is 5.26 Å². The van der Waals surface area contributed by atoms with Crippen molar-refractivity contribution in [3.63, 3.8) is 0 Å². The molecule has 0 radical (unpaired) electrons. The number of nitrogens with zero attached hydrogens (tertiary/aromatic N) is 3. The number of nitrogens with one attached hydrogen (secondary N) is 1. The van der Waals surface area contributed by atoms with Gasteiger partial charge in [-0.25, -0.2) is 4.98 Å². The first-order valence-corrected chi connectivity index (χ1v) is 11.4. The average Bonchev–Trinajstić information content (AvgIpc) is 2.81. The second kappa shape index (κ2) is 9.49. The van der Waals surface area contributed by atoms with Gasteiger partial charge in [-0.3, -0.25) is 14.2 Å². The molecule has 0 bridgehead atoms. The van der Waals surface area contributed by atoms with Crippen LogP contribution in [0.4, 0.5) is 5.69 Å². The summed E-state index contributed by atoms with van der Waals surface area (Å²) in [7, 11) is 0. The maximum absolute atomic E-state index is 13.5. The largest absolute Gasteiger partial charge is 0.325 e. The summed E-state index contributed by atoms with van der Waals surface area (Å²) in [6.07, 6.45) is 0. The molecule has 8 heteroatoms. The van der Waals surface area contributed by atoms with E-state index < -0.39 is 5.25 Å². The number of fused-ring (bicyclic) bond motifs is 1. The summed E-state index contributed by atoms with van der Waals surface area (Å²) in [6, 6.07) is 21.2. The second-order valence-electron chi connectivity index (χ2n) is 7.38. The molecule has 0 aliphatic heterocycles. The van der Waals surface area contributed by atoms with Crippen molar-refractivity contribution in [2.45, 2.75) is 24.3 Å². The van der Waals surface area contributed by atoms with E-state index in [1.54, 1.807) is 67.6 Å². The number of nitriles is 1. The highest BCUT2D eigenvalue weighted by atomic mass is 35.5. The highest BCUT2D eigenvalue weighted by Crippen LogP contribution is 2.29. The van der Waals surface area contributed by atoms with E-state index in [-0.39, 0.29) is 11.5 Å². The lowest BCUT2D eigenvalue weighted by atomic mass is 10.2. The van der Waals surface area contributed by atoms with E-state index in [1.807, 2.05) is 13.0 Å². The zero-order valence-electron chi connectivity index (χ0n) is 17.9. The molecule has 164 valence electrons. The maximum atomic E-state index is 13.5. The molecule has 3 aromatic carbocycles. The molecular weight excluding hydrogens is 456 g/mol. The maximum Gasteiger partial charge on any atom is 0.266 e. The van der Waals surface area contributed by atoms with Crippen molar-refractivity contribution < 1.29 is 4.79 Å². The summed E-state index contributed by atoms with van der Waals surface area (Å²) in [6.45, 7) is 3.58. The monoisotopic (exact) mass is 474 g/mol. The summed E-state index contributed by atoms with van der Waals surface area (Å²) in [4.78, 5) is 31.0. The Labute approximate surface area is 199 Å². The molecule has 0 spiro atoms. The highest BCUT2D eigenvalue weighted by molar-refractivity contribution is 8.00. The standard InChI is InChI=1S/C25H19ClN4O2S/c1-15-20(26)10-6-12-22(15)30-24(32)19-9-3-4-11-21(19)29-25(30)33-16(2)23(31)28-18-8-5-7-17(13-18)14-27/h3-13,16H,1-2H3,(H,28,31). The van der Waals surface area contributed by atoms with Crippen molar-refractivity contribution in [1.82, 2.24) is 9.55 Å². The van der Waals surface area contributed by atoms with Crippen molar-refractivity contribution in [3.05, 3.63) is 93.2 Å². The van der Waals surface area contributed by atoms with Crippen LogP contribution in [0.3, 0.4) is 0 Å². The molecular formula is C25H19ClN4O2S. The number of benzene rings is 3. The Kier molecular flexibility index (Phi) is 6.50. The summed E-state index contributed by atoms with van der Waals surface area (Å²) >= 11 is 7.51. The van der Waals surface area contributed by atoms with Crippen molar-refractivity contribution in [3.8, 4) is 11.8 Å². The summed E-state index contributed by atoms with van der Waals surface area (Å²) in [5.74, 6) is -0.271. The third-order valence-electron chi connectivity index (χ3n) is 5.14. The number of halogens is 1. The van der Waals surface area contributed by atoms with E-state index in [9.17, 15) is 9.59 Å². The summed E-state index contributed by atoms with van der Waals surface area (Å²) in [5.41, 5.74) is 2.65. The first-order chi connectivity index (χ1) is 15.9. The van der Waals surface area contributed by atoms with E-state index in [4.69, 9.17) is 21.8 Å². The van der Waals surface area contributed by atoms with E-state index in [0.717, 1.165) is 5.56 Å². The number of aromatic nitrogens is 2. The molecule has 6 nitrogen and oxygen atoms in total. The van der Waals surface area contributed by atoms with Gasteiger partial charge in [0.25, 0.3) is 5.56 Å². The molecule has 4 aromatic rings. The number of hydrogen-bond acceptors (Lipinski definition) is 5. The average molecular weight is 475 g/mol. The number of para-hydroxylation sites is 1. The van der Waals surface area contributed by atoms with Gasteiger partial charge in [0.2, 0.25) is 5.91 Å². The number of thioether (sulfide) groups is 1. The van der Waals surface area contributed by atoms with Gasteiger partial charge in [0.1, 0.15) is 0 Å². The Bertz CT molecular complexity index is 1480. The number of rotatable bonds is 5. The normalized spacial score (nSPS) is 11.7. The quantitative estimate of drug-likeness (QED) is 0.311. The third kappa shape index (κ3) is 4.63.